The molecule has 5 nitrogen and oxygen atoms in total. The fourth-order valence-corrected chi connectivity index (χ4v) is 7.04. The lowest BCUT2D eigenvalue weighted by Gasteiger charge is -2.18. The van der Waals surface area contributed by atoms with Crippen molar-refractivity contribution in [2.24, 2.45) is 0 Å². The summed E-state index contributed by atoms with van der Waals surface area (Å²) < 4.78 is 2.22. The number of rotatable bonds is 6. The molecular formula is C19H28N5S3+. The molecule has 0 radical (unpaired) electrons. The molecule has 3 aromatic heterocycles. The van der Waals surface area contributed by atoms with Crippen LogP contribution in [0.2, 0.25) is 0 Å². The van der Waals surface area contributed by atoms with Crippen LogP contribution in [0.4, 0.5) is 0 Å². The third-order valence-electron chi connectivity index (χ3n) is 4.96. The number of hydrogen-bond acceptors (Lipinski definition) is 6. The van der Waals surface area contributed by atoms with Crippen LogP contribution in [0, 0.1) is 0 Å². The molecule has 1 N–H and O–H groups in total. The Labute approximate surface area is 173 Å². The van der Waals surface area contributed by atoms with Gasteiger partial charge >= 0.3 is 0 Å². The lowest BCUT2D eigenvalue weighted by molar-refractivity contribution is -0.855. The van der Waals surface area contributed by atoms with Crippen molar-refractivity contribution < 1.29 is 4.90 Å². The minimum Gasteiger partial charge on any atom is -0.339 e. The molecule has 3 aromatic rings. The van der Waals surface area contributed by atoms with Crippen LogP contribution in [0.5, 0.6) is 0 Å². The van der Waals surface area contributed by atoms with E-state index in [1.54, 1.807) is 11.8 Å². The molecule has 0 aromatic carbocycles. The van der Waals surface area contributed by atoms with E-state index in [0.29, 0.717) is 11.2 Å². The summed E-state index contributed by atoms with van der Waals surface area (Å²) in [6.07, 6.45) is 3.72. The maximum Gasteiger partial charge on any atom is 0.197 e. The van der Waals surface area contributed by atoms with Crippen LogP contribution < -0.4 is 4.90 Å². The van der Waals surface area contributed by atoms with Crippen LogP contribution in [0.15, 0.2) is 10.3 Å². The molecule has 0 spiro atoms. The fourth-order valence-electron chi connectivity index (χ4n) is 3.66. The van der Waals surface area contributed by atoms with Gasteiger partial charge in [-0.3, -0.25) is 0 Å². The largest absolute Gasteiger partial charge is 0.339 e. The SMILES string of the molecule is CC(C)Sc1nc2sc3c(c2c2nnc(SCC[NH+](C)C)n12)[C@H](C)CCC3. The maximum absolute atomic E-state index is 5.10. The molecule has 1 aliphatic rings. The van der Waals surface area contributed by atoms with E-state index in [2.05, 4.69) is 49.5 Å². The summed E-state index contributed by atoms with van der Waals surface area (Å²) in [5.41, 5.74) is 2.50. The topological polar surface area (TPSA) is 47.5 Å². The number of nitrogens with zero attached hydrogens (tertiary/aromatic N) is 4. The number of nitrogens with one attached hydrogen (secondary N) is 1. The van der Waals surface area contributed by atoms with Crippen molar-refractivity contribution in [1.29, 1.82) is 0 Å². The average Bonchev–Trinajstić information content (AvgIpc) is 3.16. The van der Waals surface area contributed by atoms with Crippen molar-refractivity contribution in [1.82, 2.24) is 19.6 Å². The third-order valence-corrected chi connectivity index (χ3v) is 8.00. The number of thioether (sulfide) groups is 2. The maximum atomic E-state index is 5.10. The molecule has 0 saturated heterocycles. The fraction of sp³-hybridized carbons (Fsp3) is 0.632. The van der Waals surface area contributed by atoms with Gasteiger partial charge in [-0.15, -0.1) is 21.5 Å². The molecule has 4 rings (SSSR count). The van der Waals surface area contributed by atoms with Crippen LogP contribution in [0.25, 0.3) is 15.9 Å². The molecular weight excluding hydrogens is 394 g/mol. The van der Waals surface area contributed by atoms with Gasteiger partial charge in [0.05, 0.1) is 31.8 Å². The van der Waals surface area contributed by atoms with E-state index in [4.69, 9.17) is 4.98 Å². The van der Waals surface area contributed by atoms with Crippen molar-refractivity contribution in [3.05, 3.63) is 10.4 Å². The van der Waals surface area contributed by atoms with Crippen LogP contribution in [0.1, 0.15) is 50.0 Å². The average molecular weight is 423 g/mol. The zero-order valence-electron chi connectivity index (χ0n) is 16.7. The van der Waals surface area contributed by atoms with E-state index >= 15 is 0 Å². The van der Waals surface area contributed by atoms with Gasteiger partial charge in [-0.25, -0.2) is 9.38 Å². The molecule has 0 amide bonds. The molecule has 0 bridgehead atoms. The summed E-state index contributed by atoms with van der Waals surface area (Å²) in [4.78, 5) is 9.21. The molecule has 146 valence electrons. The van der Waals surface area contributed by atoms with Crippen LogP contribution in [0.3, 0.4) is 0 Å². The highest BCUT2D eigenvalue weighted by atomic mass is 32.2. The first kappa shape index (κ1) is 19.5. The van der Waals surface area contributed by atoms with Gasteiger partial charge < -0.3 is 4.90 Å². The molecule has 0 saturated carbocycles. The minimum absolute atomic E-state index is 0.470. The molecule has 3 heterocycles. The second-order valence-corrected chi connectivity index (χ2v) is 11.6. The van der Waals surface area contributed by atoms with Crippen LogP contribution in [-0.2, 0) is 6.42 Å². The van der Waals surface area contributed by atoms with Gasteiger partial charge in [0.2, 0.25) is 0 Å². The smallest absolute Gasteiger partial charge is 0.197 e. The summed E-state index contributed by atoms with van der Waals surface area (Å²) in [7, 11) is 4.37. The quantitative estimate of drug-likeness (QED) is 0.486. The summed E-state index contributed by atoms with van der Waals surface area (Å²) >= 11 is 5.48. The first-order chi connectivity index (χ1) is 13.0. The first-order valence-corrected chi connectivity index (χ1v) is 12.4. The summed E-state index contributed by atoms with van der Waals surface area (Å²) in [6, 6.07) is 0. The Hall–Kier alpha value is -0.830. The second-order valence-electron chi connectivity index (χ2n) is 7.92. The highest BCUT2D eigenvalue weighted by Gasteiger charge is 2.27. The molecule has 0 aliphatic heterocycles. The molecule has 1 aliphatic carbocycles. The highest BCUT2D eigenvalue weighted by Crippen LogP contribution is 2.44. The normalized spacial score (nSPS) is 17.5. The van der Waals surface area contributed by atoms with Gasteiger partial charge in [-0.2, -0.15) is 0 Å². The Kier molecular flexibility index (Phi) is 5.69. The van der Waals surface area contributed by atoms with Crippen molar-refractivity contribution in [3.8, 4) is 0 Å². The Morgan fingerprint density at radius 2 is 2.07 bits per heavy atom. The van der Waals surface area contributed by atoms with Gasteiger partial charge in [0, 0.05) is 10.1 Å². The predicted octanol–water partition coefficient (Wildman–Crippen LogP) is 3.52. The number of quaternary nitrogens is 1. The Morgan fingerprint density at radius 3 is 2.81 bits per heavy atom. The van der Waals surface area contributed by atoms with E-state index in [1.807, 2.05) is 23.1 Å². The predicted molar refractivity (Wildman–Crippen MR) is 117 cm³/mol. The zero-order chi connectivity index (χ0) is 19.1. The van der Waals surface area contributed by atoms with E-state index in [1.165, 1.54) is 40.0 Å². The van der Waals surface area contributed by atoms with E-state index in [0.717, 1.165) is 33.1 Å². The summed E-state index contributed by atoms with van der Waals surface area (Å²) in [5.74, 6) is 1.62. The molecule has 0 fully saturated rings. The number of hydrogen-bond donors (Lipinski definition) is 1. The standard InChI is InChI=1S/C19H27N5S3/c1-11(2)26-18-20-17-15(14-12(3)7-6-8-13(14)27-17)16-21-22-19(24(16)18)25-10-9-23(4)5/h11-12H,6-10H2,1-5H3/p+1/t12-/m1/s1. The molecule has 8 heteroatoms. The highest BCUT2D eigenvalue weighted by molar-refractivity contribution is 8.00. The van der Waals surface area contributed by atoms with Gasteiger partial charge in [-0.05, 0) is 30.7 Å². The third kappa shape index (κ3) is 3.73. The van der Waals surface area contributed by atoms with Crippen molar-refractivity contribution in [2.45, 2.75) is 61.5 Å². The van der Waals surface area contributed by atoms with Gasteiger partial charge in [-0.1, -0.05) is 44.3 Å². The zero-order valence-corrected chi connectivity index (χ0v) is 19.2. The second kappa shape index (κ2) is 7.89. The Balaban J connectivity index is 1.89. The molecule has 0 unspecified atom stereocenters. The lowest BCUT2D eigenvalue weighted by atomic mass is 9.87. The minimum atomic E-state index is 0.470. The van der Waals surface area contributed by atoms with E-state index in [-0.39, 0.29) is 0 Å². The summed E-state index contributed by atoms with van der Waals surface area (Å²) in [5, 5.41) is 13.0. The van der Waals surface area contributed by atoms with Crippen molar-refractivity contribution >= 4 is 50.7 Å². The van der Waals surface area contributed by atoms with Crippen LogP contribution >= 0.6 is 34.9 Å². The van der Waals surface area contributed by atoms with Gasteiger partial charge in [0.1, 0.15) is 4.83 Å². The summed E-state index contributed by atoms with van der Waals surface area (Å²) in [6.45, 7) is 7.89. The van der Waals surface area contributed by atoms with E-state index in [9.17, 15) is 0 Å². The Bertz CT molecular complexity index is 959. The monoisotopic (exact) mass is 422 g/mol. The van der Waals surface area contributed by atoms with Crippen molar-refractivity contribution in [3.63, 3.8) is 0 Å². The van der Waals surface area contributed by atoms with Gasteiger partial charge in [0.25, 0.3) is 0 Å². The Morgan fingerprint density at radius 1 is 1.26 bits per heavy atom. The van der Waals surface area contributed by atoms with Crippen molar-refractivity contribution in [2.75, 3.05) is 26.4 Å². The number of aromatic nitrogens is 4. The number of thiophene rings is 1. The number of aryl methyl sites for hydroxylation is 1. The first-order valence-electron chi connectivity index (χ1n) is 9.74. The van der Waals surface area contributed by atoms with Crippen LogP contribution in [-0.4, -0.2) is 51.2 Å². The molecule has 1 atom stereocenters. The van der Waals surface area contributed by atoms with Gasteiger partial charge in [0.15, 0.2) is 16.0 Å². The van der Waals surface area contributed by atoms with E-state index < -0.39 is 0 Å². The lowest BCUT2D eigenvalue weighted by Crippen LogP contribution is -3.06. The molecule has 27 heavy (non-hydrogen) atoms. The number of fused-ring (bicyclic) bond motifs is 5.